The molecule has 0 saturated carbocycles. The number of hydrazine groups is 1. The van der Waals surface area contributed by atoms with Crippen LogP contribution in [0.5, 0.6) is 0 Å². The van der Waals surface area contributed by atoms with Gasteiger partial charge in [0, 0.05) is 11.1 Å². The zero-order valence-electron chi connectivity index (χ0n) is 14.8. The van der Waals surface area contributed by atoms with Gasteiger partial charge in [0.25, 0.3) is 5.91 Å². The van der Waals surface area contributed by atoms with Gasteiger partial charge in [0.2, 0.25) is 0 Å². The number of piperidine rings is 1. The molecule has 2 heterocycles. The van der Waals surface area contributed by atoms with Gasteiger partial charge < -0.3 is 4.84 Å². The summed E-state index contributed by atoms with van der Waals surface area (Å²) in [5, 5.41) is 1.45. The van der Waals surface area contributed by atoms with Crippen LogP contribution in [0.1, 0.15) is 35.2 Å². The Morgan fingerprint density at radius 2 is 1.62 bits per heavy atom. The Balaban J connectivity index is 1.59. The van der Waals surface area contributed by atoms with Gasteiger partial charge in [0.1, 0.15) is 12.7 Å². The van der Waals surface area contributed by atoms with E-state index in [9.17, 15) is 4.79 Å². The fourth-order valence-corrected chi connectivity index (χ4v) is 3.81. The number of benzene rings is 2. The van der Waals surface area contributed by atoms with Gasteiger partial charge in [-0.2, -0.15) is 0 Å². The molecule has 0 bridgehead atoms. The summed E-state index contributed by atoms with van der Waals surface area (Å²) < 4.78 is 0.746. The predicted octanol–water partition coefficient (Wildman–Crippen LogP) is 3.58. The Labute approximate surface area is 154 Å². The highest BCUT2D eigenvalue weighted by molar-refractivity contribution is 5.94. The molecule has 0 aliphatic carbocycles. The van der Waals surface area contributed by atoms with E-state index in [1.807, 2.05) is 42.6 Å². The molecule has 26 heavy (non-hydrogen) atoms. The lowest BCUT2D eigenvalue weighted by molar-refractivity contribution is -0.924. The third-order valence-corrected chi connectivity index (χ3v) is 5.20. The second-order valence-electron chi connectivity index (χ2n) is 7.00. The maximum absolute atomic E-state index is 12.7. The molecule has 5 heteroatoms. The van der Waals surface area contributed by atoms with Crippen molar-refractivity contribution < 1.29 is 14.1 Å². The van der Waals surface area contributed by atoms with Gasteiger partial charge in [-0.25, -0.2) is 5.01 Å². The standard InChI is InChI=1S/C21H24N3O2/c25-21(19-12-6-2-7-13-19)23-16-20(26-22-23)24(14-8-3-9-15-24)17-18-10-4-1-5-11-18/h1-2,4-7,10-13,16,22H,3,8-9,14-15,17H2/q+1. The number of carbonyl (C=O) groups is 1. The molecule has 1 amide bonds. The van der Waals surface area contributed by atoms with Gasteiger partial charge >= 0.3 is 5.88 Å². The van der Waals surface area contributed by atoms with Crippen molar-refractivity contribution in [2.75, 3.05) is 13.1 Å². The maximum atomic E-state index is 12.7. The average molecular weight is 350 g/mol. The quantitative estimate of drug-likeness (QED) is 0.857. The highest BCUT2D eigenvalue weighted by atomic mass is 16.7. The lowest BCUT2D eigenvalue weighted by Gasteiger charge is -2.39. The summed E-state index contributed by atoms with van der Waals surface area (Å²) >= 11 is 0. The van der Waals surface area contributed by atoms with Gasteiger partial charge in [-0.3, -0.25) is 9.28 Å². The second-order valence-corrected chi connectivity index (χ2v) is 7.00. The summed E-state index contributed by atoms with van der Waals surface area (Å²) in [6.45, 7) is 2.92. The molecule has 0 spiro atoms. The van der Waals surface area contributed by atoms with Gasteiger partial charge in [-0.15, -0.1) is 0 Å². The minimum absolute atomic E-state index is 0.115. The van der Waals surface area contributed by atoms with Crippen LogP contribution in [-0.2, 0) is 11.4 Å². The molecule has 2 aliphatic rings. The van der Waals surface area contributed by atoms with Gasteiger partial charge in [0.15, 0.2) is 0 Å². The number of amides is 1. The van der Waals surface area contributed by atoms with Crippen LogP contribution in [0.3, 0.4) is 0 Å². The van der Waals surface area contributed by atoms with Crippen LogP contribution in [-0.4, -0.2) is 28.5 Å². The molecule has 1 N–H and O–H groups in total. The van der Waals surface area contributed by atoms with Crippen LogP contribution in [0, 0.1) is 0 Å². The number of likely N-dealkylation sites (tertiary alicyclic amines) is 1. The van der Waals surface area contributed by atoms with Crippen molar-refractivity contribution in [3.63, 3.8) is 0 Å². The van der Waals surface area contributed by atoms with E-state index in [0.29, 0.717) is 5.56 Å². The zero-order valence-corrected chi connectivity index (χ0v) is 14.8. The lowest BCUT2D eigenvalue weighted by Crippen LogP contribution is -2.50. The number of hydrogen-bond acceptors (Lipinski definition) is 3. The molecule has 0 aromatic heterocycles. The van der Waals surface area contributed by atoms with Crippen LogP contribution >= 0.6 is 0 Å². The Bertz CT molecular complexity index is 783. The summed E-state index contributed by atoms with van der Waals surface area (Å²) in [5.74, 6) is 0.702. The average Bonchev–Trinajstić information content (AvgIpc) is 3.21. The van der Waals surface area contributed by atoms with Crippen LogP contribution in [0.4, 0.5) is 0 Å². The molecule has 2 aliphatic heterocycles. The third kappa shape index (κ3) is 3.36. The lowest BCUT2D eigenvalue weighted by atomic mass is 10.1. The molecule has 0 unspecified atom stereocenters. The Morgan fingerprint density at radius 1 is 0.962 bits per heavy atom. The predicted molar refractivity (Wildman–Crippen MR) is 98.9 cm³/mol. The molecule has 0 radical (unpaired) electrons. The van der Waals surface area contributed by atoms with Crippen molar-refractivity contribution in [1.82, 2.24) is 10.6 Å². The smallest absolute Gasteiger partial charge is 0.331 e. The minimum Gasteiger partial charge on any atom is -0.335 e. The van der Waals surface area contributed by atoms with Crippen LogP contribution in [0.25, 0.3) is 0 Å². The number of quaternary nitrogens is 1. The molecule has 134 valence electrons. The van der Waals surface area contributed by atoms with Crippen LogP contribution in [0.2, 0.25) is 0 Å². The van der Waals surface area contributed by atoms with E-state index in [-0.39, 0.29) is 5.91 Å². The highest BCUT2D eigenvalue weighted by Crippen LogP contribution is 2.31. The van der Waals surface area contributed by atoms with E-state index in [0.717, 1.165) is 30.0 Å². The first-order valence-corrected chi connectivity index (χ1v) is 9.20. The highest BCUT2D eigenvalue weighted by Gasteiger charge is 2.41. The van der Waals surface area contributed by atoms with Crippen molar-refractivity contribution >= 4 is 5.91 Å². The fraction of sp³-hybridized carbons (Fsp3) is 0.286. The third-order valence-electron chi connectivity index (χ3n) is 5.20. The second kappa shape index (κ2) is 7.32. The van der Waals surface area contributed by atoms with Crippen LogP contribution < -0.4 is 5.59 Å². The molecule has 2 aromatic carbocycles. The first-order chi connectivity index (χ1) is 12.8. The fourth-order valence-electron chi connectivity index (χ4n) is 3.81. The molecule has 5 nitrogen and oxygen atoms in total. The van der Waals surface area contributed by atoms with Crippen molar-refractivity contribution in [1.29, 1.82) is 0 Å². The van der Waals surface area contributed by atoms with E-state index in [1.165, 1.54) is 29.8 Å². The zero-order chi connectivity index (χ0) is 17.8. The number of hydrogen-bond donors (Lipinski definition) is 1. The van der Waals surface area contributed by atoms with E-state index in [2.05, 4.69) is 29.9 Å². The van der Waals surface area contributed by atoms with E-state index in [4.69, 9.17) is 4.84 Å². The molecule has 4 rings (SSSR count). The summed E-state index contributed by atoms with van der Waals surface area (Å²) in [6.07, 6.45) is 5.41. The summed E-state index contributed by atoms with van der Waals surface area (Å²) in [7, 11) is 0. The van der Waals surface area contributed by atoms with Crippen molar-refractivity contribution in [3.05, 3.63) is 83.9 Å². The Morgan fingerprint density at radius 3 is 2.31 bits per heavy atom. The maximum Gasteiger partial charge on any atom is 0.331 e. The Hall–Kier alpha value is -2.63. The van der Waals surface area contributed by atoms with Gasteiger partial charge in [-0.1, -0.05) is 54.1 Å². The Kier molecular flexibility index (Phi) is 4.73. The molecule has 0 atom stereocenters. The van der Waals surface area contributed by atoms with Gasteiger partial charge in [0.05, 0.1) is 13.1 Å². The summed E-state index contributed by atoms with van der Waals surface area (Å²) in [6, 6.07) is 19.7. The van der Waals surface area contributed by atoms with Gasteiger partial charge in [-0.05, 0) is 31.4 Å². The number of nitrogens with zero attached hydrogens (tertiary/aromatic N) is 2. The first kappa shape index (κ1) is 16.8. The van der Waals surface area contributed by atoms with Crippen LogP contribution in [0.15, 0.2) is 72.7 Å². The van der Waals surface area contributed by atoms with E-state index >= 15 is 0 Å². The van der Waals surface area contributed by atoms with Crippen molar-refractivity contribution in [2.24, 2.45) is 0 Å². The molecule has 1 saturated heterocycles. The number of nitrogens with one attached hydrogen (secondary N) is 1. The molecule has 1 fully saturated rings. The number of rotatable bonds is 4. The van der Waals surface area contributed by atoms with E-state index in [1.54, 1.807) is 0 Å². The minimum atomic E-state index is -0.115. The number of carbonyl (C=O) groups excluding carboxylic acids is 1. The largest absolute Gasteiger partial charge is 0.335 e. The SMILES string of the molecule is O=C(c1ccccc1)N1C=C([N+]2(Cc3ccccc3)CCCCC2)ON1. The molecular formula is C21H24N3O2+. The van der Waals surface area contributed by atoms with Crippen molar-refractivity contribution in [3.8, 4) is 0 Å². The topological polar surface area (TPSA) is 41.6 Å². The monoisotopic (exact) mass is 350 g/mol. The first-order valence-electron chi connectivity index (χ1n) is 9.20. The normalized spacial score (nSPS) is 18.9. The summed E-state index contributed by atoms with van der Waals surface area (Å²) in [4.78, 5) is 18.5. The molecule has 2 aromatic rings. The molecular weight excluding hydrogens is 326 g/mol. The van der Waals surface area contributed by atoms with E-state index < -0.39 is 0 Å². The summed E-state index contributed by atoms with van der Waals surface area (Å²) in [5.41, 5.74) is 4.71. The van der Waals surface area contributed by atoms with Crippen molar-refractivity contribution in [2.45, 2.75) is 25.8 Å².